The molecule has 4 aromatic rings. The van der Waals surface area contributed by atoms with E-state index in [1.54, 1.807) is 43.5 Å². The second kappa shape index (κ2) is 7.30. The van der Waals surface area contributed by atoms with Crippen molar-refractivity contribution < 1.29 is 8.42 Å². The van der Waals surface area contributed by atoms with E-state index in [2.05, 4.69) is 4.98 Å². The fourth-order valence-electron chi connectivity index (χ4n) is 3.14. The van der Waals surface area contributed by atoms with Gasteiger partial charge in [0.15, 0.2) is 0 Å². The van der Waals surface area contributed by atoms with Crippen molar-refractivity contribution in [3.63, 3.8) is 0 Å². The van der Waals surface area contributed by atoms with Crippen molar-refractivity contribution in [3.8, 4) is 0 Å². The fourth-order valence-corrected chi connectivity index (χ4v) is 5.06. The first-order valence-corrected chi connectivity index (χ1v) is 10.5. The third-order valence-corrected chi connectivity index (χ3v) is 6.96. The van der Waals surface area contributed by atoms with Crippen molar-refractivity contribution in [2.24, 2.45) is 0 Å². The molecule has 2 aromatic carbocycles. The highest BCUT2D eigenvalue weighted by molar-refractivity contribution is 7.92. The molecule has 142 valence electrons. The van der Waals surface area contributed by atoms with Crippen LogP contribution in [0.25, 0.3) is 5.65 Å². The molecule has 4 rings (SSSR count). The van der Waals surface area contributed by atoms with Crippen LogP contribution in [0.5, 0.6) is 0 Å². The number of halogens is 1. The second-order valence-corrected chi connectivity index (χ2v) is 8.63. The van der Waals surface area contributed by atoms with Crippen molar-refractivity contribution in [1.29, 1.82) is 0 Å². The Morgan fingerprint density at radius 1 is 1.00 bits per heavy atom. The molecule has 2 aromatic heterocycles. The summed E-state index contributed by atoms with van der Waals surface area (Å²) in [6.07, 6.45) is 3.57. The monoisotopic (exact) mass is 411 g/mol. The van der Waals surface area contributed by atoms with Crippen LogP contribution in [0.2, 0.25) is 5.02 Å². The molecule has 7 heteroatoms. The predicted molar refractivity (Wildman–Crippen MR) is 111 cm³/mol. The summed E-state index contributed by atoms with van der Waals surface area (Å²) in [6, 6.07) is 19.6. The first-order valence-electron chi connectivity index (χ1n) is 8.72. The second-order valence-electron chi connectivity index (χ2n) is 6.39. The number of aromatic nitrogens is 2. The number of hydrogen-bond acceptors (Lipinski definition) is 3. The molecule has 0 aliphatic rings. The summed E-state index contributed by atoms with van der Waals surface area (Å²) in [5, 5.41) is 0.420. The molecule has 0 amide bonds. The number of anilines is 1. The molecule has 0 aliphatic heterocycles. The summed E-state index contributed by atoms with van der Waals surface area (Å²) < 4.78 is 30.5. The maximum atomic E-state index is 13.6. The lowest BCUT2D eigenvalue weighted by molar-refractivity contribution is 0.589. The number of sulfonamides is 1. The number of imidazole rings is 1. The minimum absolute atomic E-state index is 0.142. The number of nitrogens with zero attached hydrogens (tertiary/aromatic N) is 3. The van der Waals surface area contributed by atoms with Crippen LogP contribution >= 0.6 is 11.6 Å². The topological polar surface area (TPSA) is 54.7 Å². The van der Waals surface area contributed by atoms with Crippen LogP contribution in [0.1, 0.15) is 11.3 Å². The summed E-state index contributed by atoms with van der Waals surface area (Å²) >= 11 is 6.19. The van der Waals surface area contributed by atoms with E-state index in [-0.39, 0.29) is 11.4 Å². The Bertz CT molecular complexity index is 1240. The van der Waals surface area contributed by atoms with E-state index >= 15 is 0 Å². The number of hydrogen-bond donors (Lipinski definition) is 0. The first-order chi connectivity index (χ1) is 13.5. The summed E-state index contributed by atoms with van der Waals surface area (Å²) in [5.41, 5.74) is 2.64. The number of para-hydroxylation sites is 1. The van der Waals surface area contributed by atoms with E-state index in [0.29, 0.717) is 16.3 Å². The SMILES string of the molecule is Cc1c(Cl)cccc1S(=O)(=O)N(Cc1cnc2ccccn12)c1ccccc1. The molecule has 0 saturated carbocycles. The average Bonchev–Trinajstić information content (AvgIpc) is 3.11. The minimum Gasteiger partial charge on any atom is -0.302 e. The van der Waals surface area contributed by atoms with Gasteiger partial charge in [0.25, 0.3) is 10.0 Å². The lowest BCUT2D eigenvalue weighted by Gasteiger charge is -2.25. The van der Waals surface area contributed by atoms with Gasteiger partial charge in [0.1, 0.15) is 5.65 Å². The third kappa shape index (κ3) is 3.25. The molecule has 5 nitrogen and oxygen atoms in total. The molecule has 0 spiro atoms. The van der Waals surface area contributed by atoms with Gasteiger partial charge in [-0.1, -0.05) is 41.9 Å². The lowest BCUT2D eigenvalue weighted by Crippen LogP contribution is -2.31. The van der Waals surface area contributed by atoms with Crippen molar-refractivity contribution in [2.75, 3.05) is 4.31 Å². The molecular formula is C21H18ClN3O2S. The van der Waals surface area contributed by atoms with Crippen molar-refractivity contribution in [2.45, 2.75) is 18.4 Å². The Morgan fingerprint density at radius 3 is 2.54 bits per heavy atom. The molecule has 0 aliphatic carbocycles. The van der Waals surface area contributed by atoms with Crippen LogP contribution < -0.4 is 4.31 Å². The normalized spacial score (nSPS) is 11.6. The number of benzene rings is 2. The van der Waals surface area contributed by atoms with Crippen LogP contribution in [0, 0.1) is 6.92 Å². The van der Waals surface area contributed by atoms with E-state index in [4.69, 9.17) is 11.6 Å². The zero-order chi connectivity index (χ0) is 19.7. The summed E-state index contributed by atoms with van der Waals surface area (Å²) in [7, 11) is -3.84. The van der Waals surface area contributed by atoms with Gasteiger partial charge in [0, 0.05) is 11.2 Å². The van der Waals surface area contributed by atoms with Gasteiger partial charge in [-0.05, 0) is 48.9 Å². The zero-order valence-electron chi connectivity index (χ0n) is 15.2. The van der Waals surface area contributed by atoms with Crippen LogP contribution in [0.3, 0.4) is 0 Å². The van der Waals surface area contributed by atoms with Crippen LogP contribution in [0.15, 0.2) is 84.0 Å². The summed E-state index contributed by atoms with van der Waals surface area (Å²) in [5.74, 6) is 0. The minimum atomic E-state index is -3.84. The van der Waals surface area contributed by atoms with E-state index < -0.39 is 10.0 Å². The maximum Gasteiger partial charge on any atom is 0.264 e. The molecule has 0 fully saturated rings. The number of fused-ring (bicyclic) bond motifs is 1. The highest BCUT2D eigenvalue weighted by atomic mass is 35.5. The van der Waals surface area contributed by atoms with E-state index in [1.165, 1.54) is 4.31 Å². The average molecular weight is 412 g/mol. The molecule has 0 unspecified atom stereocenters. The largest absolute Gasteiger partial charge is 0.302 e. The molecule has 28 heavy (non-hydrogen) atoms. The lowest BCUT2D eigenvalue weighted by atomic mass is 10.2. The Labute approximate surface area is 168 Å². The van der Waals surface area contributed by atoms with Crippen molar-refractivity contribution >= 4 is 33.0 Å². The summed E-state index contributed by atoms with van der Waals surface area (Å²) in [6.45, 7) is 1.86. The Balaban J connectivity index is 1.86. The molecule has 0 saturated heterocycles. The molecule has 2 heterocycles. The molecule has 0 bridgehead atoms. The van der Waals surface area contributed by atoms with Crippen LogP contribution in [-0.2, 0) is 16.6 Å². The van der Waals surface area contributed by atoms with Gasteiger partial charge in [0.2, 0.25) is 0 Å². The van der Waals surface area contributed by atoms with Crippen LogP contribution in [0.4, 0.5) is 5.69 Å². The van der Waals surface area contributed by atoms with Gasteiger partial charge >= 0.3 is 0 Å². The number of pyridine rings is 1. The van der Waals surface area contributed by atoms with Gasteiger partial charge in [-0.2, -0.15) is 0 Å². The van der Waals surface area contributed by atoms with Gasteiger partial charge in [0.05, 0.1) is 29.0 Å². The first kappa shape index (κ1) is 18.5. The van der Waals surface area contributed by atoms with E-state index in [9.17, 15) is 8.42 Å². The van der Waals surface area contributed by atoms with E-state index in [1.807, 2.05) is 47.0 Å². The standard InChI is InChI=1S/C21H18ClN3O2S/c1-16-19(22)10-7-11-20(16)28(26,27)25(17-8-3-2-4-9-17)15-18-14-23-21-12-5-6-13-24(18)21/h2-14H,15H2,1H3. The summed E-state index contributed by atoms with van der Waals surface area (Å²) in [4.78, 5) is 4.56. The Morgan fingerprint density at radius 2 is 1.75 bits per heavy atom. The highest BCUT2D eigenvalue weighted by Gasteiger charge is 2.28. The number of rotatable bonds is 5. The van der Waals surface area contributed by atoms with Crippen molar-refractivity contribution in [1.82, 2.24) is 9.38 Å². The van der Waals surface area contributed by atoms with Gasteiger partial charge in [-0.25, -0.2) is 13.4 Å². The fraction of sp³-hybridized carbons (Fsp3) is 0.0952. The smallest absolute Gasteiger partial charge is 0.264 e. The zero-order valence-corrected chi connectivity index (χ0v) is 16.7. The quantitative estimate of drug-likeness (QED) is 0.478. The van der Waals surface area contributed by atoms with E-state index in [0.717, 1.165) is 11.3 Å². The Hall–Kier alpha value is -2.83. The highest BCUT2D eigenvalue weighted by Crippen LogP contribution is 2.30. The van der Waals surface area contributed by atoms with Crippen LogP contribution in [-0.4, -0.2) is 17.8 Å². The third-order valence-electron chi connectivity index (χ3n) is 4.63. The predicted octanol–water partition coefficient (Wildman–Crippen LogP) is 4.69. The van der Waals surface area contributed by atoms with Gasteiger partial charge < -0.3 is 4.40 Å². The Kier molecular flexibility index (Phi) is 4.83. The molecule has 0 N–H and O–H groups in total. The van der Waals surface area contributed by atoms with Gasteiger partial charge in [-0.15, -0.1) is 0 Å². The maximum absolute atomic E-state index is 13.6. The molecular weight excluding hydrogens is 394 g/mol. The molecule has 0 radical (unpaired) electrons. The molecule has 0 atom stereocenters. The van der Waals surface area contributed by atoms with Crippen molar-refractivity contribution in [3.05, 3.63) is 95.4 Å². The van der Waals surface area contributed by atoms with Gasteiger partial charge in [-0.3, -0.25) is 4.31 Å².